The average Bonchev–Trinajstić information content (AvgIpc) is 2.78. The summed E-state index contributed by atoms with van der Waals surface area (Å²) in [5.41, 5.74) is 3.44. The third kappa shape index (κ3) is 3.05. The van der Waals surface area contributed by atoms with Crippen molar-refractivity contribution in [2.75, 3.05) is 6.61 Å². The van der Waals surface area contributed by atoms with Crippen molar-refractivity contribution in [1.29, 1.82) is 0 Å². The van der Waals surface area contributed by atoms with Gasteiger partial charge in [-0.15, -0.1) is 0 Å². The van der Waals surface area contributed by atoms with Crippen molar-refractivity contribution in [1.82, 2.24) is 0 Å². The van der Waals surface area contributed by atoms with E-state index in [1.807, 2.05) is 37.3 Å². The molecule has 0 N–H and O–H groups in total. The van der Waals surface area contributed by atoms with E-state index in [9.17, 15) is 9.59 Å². The number of hydrogen-bond acceptors (Lipinski definition) is 3. The Morgan fingerprint density at radius 3 is 2.50 bits per heavy atom. The molecule has 1 aliphatic rings. The maximum absolute atomic E-state index is 11.8. The molecule has 0 aliphatic heterocycles. The van der Waals surface area contributed by atoms with Gasteiger partial charge in [0.25, 0.3) is 0 Å². The van der Waals surface area contributed by atoms with Crippen LogP contribution in [0.1, 0.15) is 32.3 Å². The van der Waals surface area contributed by atoms with Gasteiger partial charge in [0, 0.05) is 12.5 Å². The normalized spacial score (nSPS) is 15.7. The molecule has 3 heteroatoms. The molecular weight excluding hydrogens is 252 g/mol. The second kappa shape index (κ2) is 6.33. The predicted octanol–water partition coefficient (Wildman–Crippen LogP) is 3.31. The summed E-state index contributed by atoms with van der Waals surface area (Å²) in [7, 11) is 0. The zero-order chi connectivity index (χ0) is 14.5. The molecule has 0 saturated carbocycles. The Morgan fingerprint density at radius 2 is 1.95 bits per heavy atom. The number of ketones is 1. The minimum Gasteiger partial charge on any atom is -0.463 e. The molecule has 0 aromatic heterocycles. The number of benzene rings is 1. The van der Waals surface area contributed by atoms with Crippen molar-refractivity contribution < 1.29 is 14.3 Å². The first-order chi connectivity index (χ1) is 9.63. The second-order valence-electron chi connectivity index (χ2n) is 4.70. The number of allylic oxidation sites excluding steroid dienone is 3. The van der Waals surface area contributed by atoms with Crippen LogP contribution in [0, 0.1) is 0 Å². The van der Waals surface area contributed by atoms with Gasteiger partial charge in [-0.1, -0.05) is 30.3 Å². The van der Waals surface area contributed by atoms with E-state index in [0.717, 1.165) is 22.3 Å². The van der Waals surface area contributed by atoms with Gasteiger partial charge in [0.2, 0.25) is 0 Å². The second-order valence-corrected chi connectivity index (χ2v) is 4.70. The van der Waals surface area contributed by atoms with Crippen LogP contribution in [0.5, 0.6) is 0 Å². The summed E-state index contributed by atoms with van der Waals surface area (Å²) in [5.74, 6) is -0.211. The largest absolute Gasteiger partial charge is 0.463 e. The van der Waals surface area contributed by atoms with Crippen LogP contribution in [0.25, 0.3) is 5.57 Å². The van der Waals surface area contributed by atoms with Crippen molar-refractivity contribution in [2.45, 2.75) is 26.7 Å². The SMILES string of the molecule is CCOC(=O)/C=C(\C1=C(C)C(=O)CC1)c1ccccc1. The minimum atomic E-state index is -0.369. The lowest BCUT2D eigenvalue weighted by molar-refractivity contribution is -0.137. The van der Waals surface area contributed by atoms with Crippen molar-refractivity contribution >= 4 is 17.3 Å². The van der Waals surface area contributed by atoms with Gasteiger partial charge in [-0.2, -0.15) is 0 Å². The molecule has 2 rings (SSSR count). The molecule has 1 aromatic rings. The Hall–Kier alpha value is -2.16. The standard InChI is InChI=1S/C17H18O3/c1-3-20-17(19)11-15(13-7-5-4-6-8-13)14-9-10-16(18)12(14)2/h4-8,11H,3,9-10H2,1-2H3/b15-11-. The van der Waals surface area contributed by atoms with Crippen LogP contribution in [0.2, 0.25) is 0 Å². The fourth-order valence-corrected chi connectivity index (χ4v) is 2.38. The maximum Gasteiger partial charge on any atom is 0.331 e. The van der Waals surface area contributed by atoms with E-state index in [2.05, 4.69) is 0 Å². The first-order valence-electron chi connectivity index (χ1n) is 6.80. The highest BCUT2D eigenvalue weighted by atomic mass is 16.5. The zero-order valence-corrected chi connectivity index (χ0v) is 11.8. The Kier molecular flexibility index (Phi) is 4.51. The van der Waals surface area contributed by atoms with Gasteiger partial charge >= 0.3 is 5.97 Å². The predicted molar refractivity (Wildman–Crippen MR) is 78.0 cm³/mol. The molecule has 0 saturated heterocycles. The van der Waals surface area contributed by atoms with Crippen molar-refractivity contribution in [3.05, 3.63) is 53.1 Å². The quantitative estimate of drug-likeness (QED) is 0.622. The van der Waals surface area contributed by atoms with E-state index >= 15 is 0 Å². The summed E-state index contributed by atoms with van der Waals surface area (Å²) in [6.07, 6.45) is 2.70. The highest BCUT2D eigenvalue weighted by Crippen LogP contribution is 2.34. The van der Waals surface area contributed by atoms with E-state index in [4.69, 9.17) is 4.74 Å². The number of esters is 1. The number of carbonyl (C=O) groups excluding carboxylic acids is 2. The molecule has 1 aliphatic carbocycles. The summed E-state index contributed by atoms with van der Waals surface area (Å²) >= 11 is 0. The monoisotopic (exact) mass is 270 g/mol. The van der Waals surface area contributed by atoms with Gasteiger partial charge in [-0.3, -0.25) is 4.79 Å². The van der Waals surface area contributed by atoms with Gasteiger partial charge in [0.15, 0.2) is 5.78 Å². The summed E-state index contributed by atoms with van der Waals surface area (Å²) in [6, 6.07) is 9.64. The summed E-state index contributed by atoms with van der Waals surface area (Å²) < 4.78 is 4.99. The van der Waals surface area contributed by atoms with Crippen LogP contribution in [-0.2, 0) is 14.3 Å². The zero-order valence-electron chi connectivity index (χ0n) is 11.8. The van der Waals surface area contributed by atoms with E-state index in [1.165, 1.54) is 6.08 Å². The maximum atomic E-state index is 11.8. The fourth-order valence-electron chi connectivity index (χ4n) is 2.38. The Bertz CT molecular complexity index is 580. The summed E-state index contributed by atoms with van der Waals surface area (Å²) in [4.78, 5) is 23.5. The molecule has 0 fully saturated rings. The minimum absolute atomic E-state index is 0.158. The van der Waals surface area contributed by atoms with E-state index in [-0.39, 0.29) is 11.8 Å². The number of ether oxygens (including phenoxy) is 1. The third-order valence-corrected chi connectivity index (χ3v) is 3.43. The van der Waals surface area contributed by atoms with Gasteiger partial charge in [-0.25, -0.2) is 4.79 Å². The Labute approximate surface area is 118 Å². The molecule has 104 valence electrons. The van der Waals surface area contributed by atoms with Crippen molar-refractivity contribution in [3.8, 4) is 0 Å². The molecule has 0 spiro atoms. The lowest BCUT2D eigenvalue weighted by Crippen LogP contribution is -2.02. The molecule has 0 bridgehead atoms. The van der Waals surface area contributed by atoms with Crippen LogP contribution in [0.15, 0.2) is 47.6 Å². The highest BCUT2D eigenvalue weighted by molar-refractivity contribution is 6.05. The highest BCUT2D eigenvalue weighted by Gasteiger charge is 2.23. The van der Waals surface area contributed by atoms with Gasteiger partial charge in [-0.05, 0) is 42.6 Å². The molecule has 0 heterocycles. The van der Waals surface area contributed by atoms with Gasteiger partial charge < -0.3 is 4.74 Å². The third-order valence-electron chi connectivity index (χ3n) is 3.43. The lowest BCUT2D eigenvalue weighted by Gasteiger charge is -2.10. The molecular formula is C17H18O3. The van der Waals surface area contributed by atoms with Gasteiger partial charge in [0.1, 0.15) is 0 Å². The first kappa shape index (κ1) is 14.3. The number of carbonyl (C=O) groups is 2. The lowest BCUT2D eigenvalue weighted by atomic mass is 9.95. The number of rotatable bonds is 4. The summed E-state index contributed by atoms with van der Waals surface area (Å²) in [5, 5.41) is 0. The molecule has 20 heavy (non-hydrogen) atoms. The molecule has 0 atom stereocenters. The molecule has 3 nitrogen and oxygen atoms in total. The van der Waals surface area contributed by atoms with Crippen LogP contribution in [0.3, 0.4) is 0 Å². The summed E-state index contributed by atoms with van der Waals surface area (Å²) in [6.45, 7) is 3.94. The van der Waals surface area contributed by atoms with Crippen LogP contribution in [0.4, 0.5) is 0 Å². The van der Waals surface area contributed by atoms with E-state index < -0.39 is 0 Å². The van der Waals surface area contributed by atoms with Crippen LogP contribution < -0.4 is 0 Å². The van der Waals surface area contributed by atoms with Crippen molar-refractivity contribution in [3.63, 3.8) is 0 Å². The smallest absolute Gasteiger partial charge is 0.331 e. The van der Waals surface area contributed by atoms with Crippen LogP contribution >= 0.6 is 0 Å². The average molecular weight is 270 g/mol. The number of hydrogen-bond donors (Lipinski definition) is 0. The Morgan fingerprint density at radius 1 is 1.25 bits per heavy atom. The van der Waals surface area contributed by atoms with Crippen molar-refractivity contribution in [2.24, 2.45) is 0 Å². The Balaban J connectivity index is 2.46. The number of Topliss-reactive ketones (excluding diaryl/α,β-unsaturated/α-hetero) is 1. The molecule has 0 unspecified atom stereocenters. The van der Waals surface area contributed by atoms with E-state index in [1.54, 1.807) is 6.92 Å². The van der Waals surface area contributed by atoms with Gasteiger partial charge in [0.05, 0.1) is 6.61 Å². The first-order valence-corrected chi connectivity index (χ1v) is 6.80. The topological polar surface area (TPSA) is 43.4 Å². The molecule has 0 radical (unpaired) electrons. The molecule has 1 aromatic carbocycles. The molecule has 0 amide bonds. The van der Waals surface area contributed by atoms with E-state index in [0.29, 0.717) is 19.4 Å². The van der Waals surface area contributed by atoms with Crippen LogP contribution in [-0.4, -0.2) is 18.4 Å². The fraction of sp³-hybridized carbons (Fsp3) is 0.294.